The Labute approximate surface area is 148 Å². The lowest BCUT2D eigenvalue weighted by Gasteiger charge is -2.27. The van der Waals surface area contributed by atoms with Crippen molar-refractivity contribution in [2.45, 2.75) is 44.6 Å². The number of benzene rings is 2. The molecule has 2 aromatic carbocycles. The van der Waals surface area contributed by atoms with E-state index in [1.165, 1.54) is 6.07 Å². The molecule has 0 bridgehead atoms. The summed E-state index contributed by atoms with van der Waals surface area (Å²) >= 11 is 0. The molecule has 3 rings (SSSR count). The fourth-order valence-electron chi connectivity index (χ4n) is 3.43. The lowest BCUT2D eigenvalue weighted by Crippen LogP contribution is -2.25. The van der Waals surface area contributed by atoms with E-state index in [1.54, 1.807) is 0 Å². The Kier molecular flexibility index (Phi) is 5.21. The van der Waals surface area contributed by atoms with Gasteiger partial charge in [0.25, 0.3) is 0 Å². The second kappa shape index (κ2) is 7.25. The summed E-state index contributed by atoms with van der Waals surface area (Å²) in [6.07, 6.45) is -0.838. The fraction of sp³-hybridized carbons (Fsp3) is 0.400. The summed E-state index contributed by atoms with van der Waals surface area (Å²) in [6, 6.07) is 5.95. The van der Waals surface area contributed by atoms with E-state index in [2.05, 4.69) is 11.7 Å². The van der Waals surface area contributed by atoms with Crippen molar-refractivity contribution in [1.82, 2.24) is 0 Å². The number of ether oxygens (including phenoxy) is 1. The van der Waals surface area contributed by atoms with E-state index in [9.17, 15) is 22.0 Å². The van der Waals surface area contributed by atoms with Gasteiger partial charge < -0.3 is 4.74 Å². The summed E-state index contributed by atoms with van der Waals surface area (Å²) in [5.74, 6) is -3.51. The van der Waals surface area contributed by atoms with Crippen molar-refractivity contribution >= 4 is 0 Å². The van der Waals surface area contributed by atoms with Gasteiger partial charge in [-0.2, -0.15) is 8.78 Å². The second-order valence-corrected chi connectivity index (χ2v) is 6.89. The molecule has 0 N–H and O–H groups in total. The third-order valence-electron chi connectivity index (χ3n) is 4.88. The standard InChI is InChI=1S/C20H19F5O/c1-12-5-7-13(8-6-12)14-9-17(22)19(18(23)10-14)20(24,25)26-16-4-2-3-15(21)11-16/h2-4,9-13H,5-8H2,1H3. The van der Waals surface area contributed by atoms with Crippen LogP contribution < -0.4 is 4.74 Å². The molecule has 1 aliphatic rings. The first kappa shape index (κ1) is 18.7. The van der Waals surface area contributed by atoms with Gasteiger partial charge in [0.05, 0.1) is 0 Å². The summed E-state index contributed by atoms with van der Waals surface area (Å²) in [4.78, 5) is 0. The number of hydrogen-bond donors (Lipinski definition) is 0. The molecule has 0 heterocycles. The number of alkyl halides is 2. The van der Waals surface area contributed by atoms with E-state index >= 15 is 0 Å². The monoisotopic (exact) mass is 370 g/mol. The minimum absolute atomic E-state index is 0.0398. The molecule has 140 valence electrons. The van der Waals surface area contributed by atoms with Gasteiger partial charge >= 0.3 is 6.11 Å². The Morgan fingerprint density at radius 2 is 1.54 bits per heavy atom. The van der Waals surface area contributed by atoms with Gasteiger partial charge in [0.15, 0.2) is 0 Å². The highest BCUT2D eigenvalue weighted by Crippen LogP contribution is 2.40. The molecule has 0 unspecified atom stereocenters. The maximum Gasteiger partial charge on any atom is 0.432 e. The molecule has 1 fully saturated rings. The van der Waals surface area contributed by atoms with Crippen LogP contribution in [0.3, 0.4) is 0 Å². The number of halogens is 5. The predicted octanol–water partition coefficient (Wildman–Crippen LogP) is 6.53. The van der Waals surface area contributed by atoms with Crippen LogP contribution in [0.2, 0.25) is 0 Å². The zero-order valence-electron chi connectivity index (χ0n) is 14.2. The van der Waals surface area contributed by atoms with Crippen LogP contribution in [0.1, 0.15) is 49.7 Å². The molecule has 0 saturated heterocycles. The first-order chi connectivity index (χ1) is 12.3. The molecule has 2 aromatic rings. The van der Waals surface area contributed by atoms with Crippen LogP contribution in [-0.4, -0.2) is 0 Å². The highest BCUT2D eigenvalue weighted by molar-refractivity contribution is 5.32. The molecule has 6 heteroatoms. The van der Waals surface area contributed by atoms with Crippen molar-refractivity contribution in [3.63, 3.8) is 0 Å². The molecule has 1 saturated carbocycles. The topological polar surface area (TPSA) is 9.23 Å². The molecule has 0 aliphatic heterocycles. The highest BCUT2D eigenvalue weighted by atomic mass is 19.3. The Morgan fingerprint density at radius 1 is 0.923 bits per heavy atom. The van der Waals surface area contributed by atoms with Gasteiger partial charge in [-0.25, -0.2) is 13.2 Å². The van der Waals surface area contributed by atoms with E-state index in [0.29, 0.717) is 11.5 Å². The summed E-state index contributed by atoms with van der Waals surface area (Å²) < 4.78 is 74.8. The molecule has 0 amide bonds. The molecule has 0 atom stereocenters. The summed E-state index contributed by atoms with van der Waals surface area (Å²) in [6.45, 7) is 2.12. The van der Waals surface area contributed by atoms with Gasteiger partial charge in [-0.05, 0) is 54.5 Å². The minimum Gasteiger partial charge on any atom is -0.429 e. The predicted molar refractivity (Wildman–Crippen MR) is 87.7 cm³/mol. The van der Waals surface area contributed by atoms with Gasteiger partial charge in [-0.15, -0.1) is 0 Å². The quantitative estimate of drug-likeness (QED) is 0.556. The van der Waals surface area contributed by atoms with Crippen molar-refractivity contribution in [2.75, 3.05) is 0 Å². The molecule has 0 aromatic heterocycles. The first-order valence-corrected chi connectivity index (χ1v) is 8.58. The summed E-state index contributed by atoms with van der Waals surface area (Å²) in [5, 5.41) is 0. The molecule has 0 radical (unpaired) electrons. The number of rotatable bonds is 4. The van der Waals surface area contributed by atoms with Crippen LogP contribution in [0.25, 0.3) is 0 Å². The van der Waals surface area contributed by atoms with Gasteiger partial charge in [-0.1, -0.05) is 25.8 Å². The summed E-state index contributed by atoms with van der Waals surface area (Å²) in [5.41, 5.74) is -1.08. The highest BCUT2D eigenvalue weighted by Gasteiger charge is 2.41. The SMILES string of the molecule is CC1CCC(c2cc(F)c(C(F)(F)Oc3cccc(F)c3)c(F)c2)CC1. The van der Waals surface area contributed by atoms with E-state index in [1.807, 2.05) is 0 Å². The third-order valence-corrected chi connectivity index (χ3v) is 4.88. The van der Waals surface area contributed by atoms with Crippen molar-refractivity contribution in [3.05, 3.63) is 65.0 Å². The maximum absolute atomic E-state index is 14.3. The van der Waals surface area contributed by atoms with Gasteiger partial charge in [0.1, 0.15) is 28.8 Å². The van der Waals surface area contributed by atoms with Gasteiger partial charge in [-0.3, -0.25) is 0 Å². The zero-order chi connectivity index (χ0) is 18.9. The fourth-order valence-corrected chi connectivity index (χ4v) is 3.43. The second-order valence-electron chi connectivity index (χ2n) is 6.89. The minimum atomic E-state index is -4.26. The van der Waals surface area contributed by atoms with Crippen molar-refractivity contribution < 1.29 is 26.7 Å². The average Bonchev–Trinajstić information content (AvgIpc) is 2.54. The molecule has 0 spiro atoms. The largest absolute Gasteiger partial charge is 0.432 e. The average molecular weight is 370 g/mol. The van der Waals surface area contributed by atoms with E-state index in [-0.39, 0.29) is 5.92 Å². The first-order valence-electron chi connectivity index (χ1n) is 8.58. The van der Waals surface area contributed by atoms with Crippen molar-refractivity contribution in [1.29, 1.82) is 0 Å². The molecule has 1 nitrogen and oxygen atoms in total. The summed E-state index contributed by atoms with van der Waals surface area (Å²) in [7, 11) is 0. The molecule has 1 aliphatic carbocycles. The molecular weight excluding hydrogens is 351 g/mol. The lowest BCUT2D eigenvalue weighted by atomic mass is 9.79. The normalized spacial score (nSPS) is 20.8. The maximum atomic E-state index is 14.3. The van der Waals surface area contributed by atoms with Crippen LogP contribution in [0.5, 0.6) is 5.75 Å². The van der Waals surface area contributed by atoms with Crippen molar-refractivity contribution in [2.24, 2.45) is 5.92 Å². The Morgan fingerprint density at radius 3 is 2.12 bits per heavy atom. The Hall–Kier alpha value is -2.11. The Bertz CT molecular complexity index is 759. The third kappa shape index (κ3) is 4.00. The van der Waals surface area contributed by atoms with Crippen LogP contribution in [-0.2, 0) is 6.11 Å². The van der Waals surface area contributed by atoms with Crippen molar-refractivity contribution in [3.8, 4) is 5.75 Å². The van der Waals surface area contributed by atoms with E-state index in [0.717, 1.165) is 56.0 Å². The van der Waals surface area contributed by atoms with Crippen LogP contribution in [0, 0.1) is 23.4 Å². The smallest absolute Gasteiger partial charge is 0.429 e. The van der Waals surface area contributed by atoms with E-state index in [4.69, 9.17) is 0 Å². The Balaban J connectivity index is 1.87. The molecular formula is C20H19F5O. The van der Waals surface area contributed by atoms with Crippen LogP contribution in [0.15, 0.2) is 36.4 Å². The van der Waals surface area contributed by atoms with Gasteiger partial charge in [0.2, 0.25) is 0 Å². The zero-order valence-corrected chi connectivity index (χ0v) is 14.2. The number of hydrogen-bond acceptors (Lipinski definition) is 1. The lowest BCUT2D eigenvalue weighted by molar-refractivity contribution is -0.189. The molecule has 26 heavy (non-hydrogen) atoms. The van der Waals surface area contributed by atoms with Crippen LogP contribution in [0.4, 0.5) is 22.0 Å². The van der Waals surface area contributed by atoms with Gasteiger partial charge in [0, 0.05) is 6.07 Å². The van der Waals surface area contributed by atoms with Crippen LogP contribution >= 0.6 is 0 Å². The van der Waals surface area contributed by atoms with E-state index < -0.39 is 34.9 Å².